The lowest BCUT2D eigenvalue weighted by Crippen LogP contribution is -2.33. The van der Waals surface area contributed by atoms with Crippen LogP contribution in [-0.2, 0) is 16.0 Å². The molecule has 17 heavy (non-hydrogen) atoms. The van der Waals surface area contributed by atoms with Crippen molar-refractivity contribution in [3.63, 3.8) is 0 Å². The number of benzene rings is 1. The zero-order chi connectivity index (χ0) is 12.3. The van der Waals surface area contributed by atoms with E-state index in [0.717, 1.165) is 11.0 Å². The number of nitrogens with two attached hydrogens (primary N) is 1. The molecule has 1 heterocycles. The van der Waals surface area contributed by atoms with E-state index in [2.05, 4.69) is 14.7 Å². The van der Waals surface area contributed by atoms with E-state index in [1.165, 1.54) is 7.11 Å². The highest BCUT2D eigenvalue weighted by Crippen LogP contribution is 2.09. The molecule has 0 saturated heterocycles. The van der Waals surface area contributed by atoms with Crippen molar-refractivity contribution in [2.24, 2.45) is 5.73 Å². The van der Waals surface area contributed by atoms with Crippen LogP contribution < -0.4 is 5.73 Å². The summed E-state index contributed by atoms with van der Waals surface area (Å²) in [5.74, 6) is -0.444. The van der Waals surface area contributed by atoms with Crippen LogP contribution >= 0.6 is 0 Å². The molecule has 1 aromatic heterocycles. The molecule has 88 valence electrons. The summed E-state index contributed by atoms with van der Waals surface area (Å²) < 4.78 is 4.56. The van der Waals surface area contributed by atoms with Crippen LogP contribution in [0.2, 0.25) is 0 Å². The molecule has 2 aromatic rings. The van der Waals surface area contributed by atoms with Gasteiger partial charge in [0.25, 0.3) is 0 Å². The lowest BCUT2D eigenvalue weighted by molar-refractivity contribution is -0.142. The minimum absolute atomic E-state index is 0.324. The lowest BCUT2D eigenvalue weighted by Gasteiger charge is -2.08. The second-order valence-corrected chi connectivity index (χ2v) is 3.68. The maximum Gasteiger partial charge on any atom is 0.323 e. The normalized spacial score (nSPS) is 12.4. The Balaban J connectivity index is 2.22. The van der Waals surface area contributed by atoms with Crippen molar-refractivity contribution in [1.29, 1.82) is 0 Å². The number of fused-ring (bicyclic) bond motifs is 1. The molecule has 0 aliphatic carbocycles. The number of hydrogen-bond acceptors (Lipinski definition) is 5. The molecule has 0 radical (unpaired) electrons. The Labute approximate surface area is 98.6 Å². The van der Waals surface area contributed by atoms with Gasteiger partial charge in [0.15, 0.2) is 0 Å². The van der Waals surface area contributed by atoms with Gasteiger partial charge in [-0.1, -0.05) is 12.1 Å². The third-order valence-electron chi connectivity index (χ3n) is 2.43. The molecule has 0 fully saturated rings. The number of carbonyl (C=O) groups is 1. The first-order valence-corrected chi connectivity index (χ1v) is 5.25. The first-order valence-electron chi connectivity index (χ1n) is 5.25. The number of carbonyl (C=O) groups excluding carboxylic acids is 1. The quantitative estimate of drug-likeness (QED) is 0.785. The van der Waals surface area contributed by atoms with E-state index in [1.807, 2.05) is 24.3 Å². The van der Waals surface area contributed by atoms with Gasteiger partial charge in [0, 0.05) is 12.6 Å². The predicted octanol–water partition coefficient (Wildman–Crippen LogP) is 0.673. The van der Waals surface area contributed by atoms with E-state index in [1.54, 1.807) is 6.20 Å². The summed E-state index contributed by atoms with van der Waals surface area (Å²) in [5.41, 5.74) is 7.96. The van der Waals surface area contributed by atoms with Crippen molar-refractivity contribution in [1.82, 2.24) is 9.97 Å². The van der Waals surface area contributed by atoms with E-state index in [-0.39, 0.29) is 0 Å². The van der Waals surface area contributed by atoms with Gasteiger partial charge in [0.05, 0.1) is 23.8 Å². The highest BCUT2D eigenvalue weighted by atomic mass is 16.5. The monoisotopic (exact) mass is 231 g/mol. The fraction of sp³-hybridized carbons (Fsp3) is 0.250. The zero-order valence-electron chi connectivity index (χ0n) is 9.46. The Hall–Kier alpha value is -2.01. The van der Waals surface area contributed by atoms with Gasteiger partial charge in [0.1, 0.15) is 6.04 Å². The minimum atomic E-state index is -0.699. The first kappa shape index (κ1) is 11.5. The van der Waals surface area contributed by atoms with Crippen LogP contribution in [0.3, 0.4) is 0 Å². The fourth-order valence-electron chi connectivity index (χ4n) is 1.55. The molecular formula is C12H13N3O2. The minimum Gasteiger partial charge on any atom is -0.468 e. The summed E-state index contributed by atoms with van der Waals surface area (Å²) in [5, 5.41) is 0. The Morgan fingerprint density at radius 2 is 2.12 bits per heavy atom. The molecule has 1 atom stereocenters. The number of para-hydroxylation sites is 2. The standard InChI is InChI=1S/C12H13N3O2/c1-17-12(16)9(13)6-8-7-14-10-4-2-3-5-11(10)15-8/h2-5,7,9H,6,13H2,1H3/t9-/m1/s1. The zero-order valence-corrected chi connectivity index (χ0v) is 9.46. The van der Waals surface area contributed by atoms with Gasteiger partial charge < -0.3 is 10.5 Å². The molecule has 1 aromatic carbocycles. The van der Waals surface area contributed by atoms with E-state index in [4.69, 9.17) is 5.73 Å². The largest absolute Gasteiger partial charge is 0.468 e. The van der Waals surface area contributed by atoms with Crippen LogP contribution in [0, 0.1) is 0 Å². The summed E-state index contributed by atoms with van der Waals surface area (Å²) in [6.45, 7) is 0. The van der Waals surface area contributed by atoms with E-state index >= 15 is 0 Å². The van der Waals surface area contributed by atoms with Crippen molar-refractivity contribution in [3.05, 3.63) is 36.2 Å². The van der Waals surface area contributed by atoms with Crippen LogP contribution in [0.5, 0.6) is 0 Å². The van der Waals surface area contributed by atoms with E-state index in [9.17, 15) is 4.79 Å². The average Bonchev–Trinajstić information content (AvgIpc) is 2.37. The highest BCUT2D eigenvalue weighted by molar-refractivity contribution is 5.76. The van der Waals surface area contributed by atoms with Gasteiger partial charge in [-0.3, -0.25) is 9.78 Å². The molecule has 0 spiro atoms. The van der Waals surface area contributed by atoms with Gasteiger partial charge in [-0.25, -0.2) is 4.98 Å². The Morgan fingerprint density at radius 1 is 1.41 bits per heavy atom. The topological polar surface area (TPSA) is 78.1 Å². The van der Waals surface area contributed by atoms with Gasteiger partial charge in [-0.2, -0.15) is 0 Å². The second kappa shape index (κ2) is 4.88. The smallest absolute Gasteiger partial charge is 0.323 e. The summed E-state index contributed by atoms with van der Waals surface area (Å²) >= 11 is 0. The Bertz CT molecular complexity index is 542. The molecule has 2 N–H and O–H groups in total. The second-order valence-electron chi connectivity index (χ2n) is 3.68. The molecule has 0 saturated carbocycles. The van der Waals surface area contributed by atoms with Gasteiger partial charge in [-0.05, 0) is 12.1 Å². The van der Waals surface area contributed by atoms with Crippen LogP contribution in [0.15, 0.2) is 30.5 Å². The number of hydrogen-bond donors (Lipinski definition) is 1. The molecule has 2 rings (SSSR count). The maximum atomic E-state index is 11.2. The number of esters is 1. The van der Waals surface area contributed by atoms with Gasteiger partial charge >= 0.3 is 5.97 Å². The van der Waals surface area contributed by atoms with Crippen LogP contribution in [0.25, 0.3) is 11.0 Å². The Morgan fingerprint density at radius 3 is 2.82 bits per heavy atom. The van der Waals surface area contributed by atoms with Crippen molar-refractivity contribution in [2.75, 3.05) is 7.11 Å². The maximum absolute atomic E-state index is 11.2. The lowest BCUT2D eigenvalue weighted by atomic mass is 10.1. The number of aromatic nitrogens is 2. The summed E-state index contributed by atoms with van der Waals surface area (Å²) in [6, 6.07) is 6.84. The molecule has 0 aliphatic rings. The summed E-state index contributed by atoms with van der Waals surface area (Å²) in [7, 11) is 1.31. The number of rotatable bonds is 3. The third kappa shape index (κ3) is 2.57. The Kier molecular flexibility index (Phi) is 3.30. The van der Waals surface area contributed by atoms with Crippen molar-refractivity contribution >= 4 is 17.0 Å². The van der Waals surface area contributed by atoms with Crippen LogP contribution in [0.4, 0.5) is 0 Å². The van der Waals surface area contributed by atoms with E-state index < -0.39 is 12.0 Å². The highest BCUT2D eigenvalue weighted by Gasteiger charge is 2.15. The van der Waals surface area contributed by atoms with E-state index in [0.29, 0.717) is 12.1 Å². The molecule has 5 heteroatoms. The fourth-order valence-corrected chi connectivity index (χ4v) is 1.55. The third-order valence-corrected chi connectivity index (χ3v) is 2.43. The first-order chi connectivity index (χ1) is 8.20. The number of methoxy groups -OCH3 is 1. The molecule has 0 aliphatic heterocycles. The SMILES string of the molecule is COC(=O)[C@H](N)Cc1cnc2ccccc2n1. The predicted molar refractivity (Wildman–Crippen MR) is 63.2 cm³/mol. The summed E-state index contributed by atoms with van der Waals surface area (Å²) in [6.07, 6.45) is 1.95. The van der Waals surface area contributed by atoms with Crippen LogP contribution in [-0.4, -0.2) is 29.1 Å². The average molecular weight is 231 g/mol. The van der Waals surface area contributed by atoms with Crippen molar-refractivity contribution in [3.8, 4) is 0 Å². The number of nitrogens with zero attached hydrogens (tertiary/aromatic N) is 2. The molecular weight excluding hydrogens is 218 g/mol. The van der Waals surface area contributed by atoms with Crippen molar-refractivity contribution in [2.45, 2.75) is 12.5 Å². The van der Waals surface area contributed by atoms with Crippen LogP contribution in [0.1, 0.15) is 5.69 Å². The summed E-state index contributed by atoms with van der Waals surface area (Å²) in [4.78, 5) is 19.8. The molecule has 5 nitrogen and oxygen atoms in total. The molecule has 0 bridgehead atoms. The van der Waals surface area contributed by atoms with Gasteiger partial charge in [-0.15, -0.1) is 0 Å². The molecule has 0 amide bonds. The number of ether oxygens (including phenoxy) is 1. The van der Waals surface area contributed by atoms with Gasteiger partial charge in [0.2, 0.25) is 0 Å². The van der Waals surface area contributed by atoms with Crippen molar-refractivity contribution < 1.29 is 9.53 Å². The molecule has 0 unspecified atom stereocenters.